The van der Waals surface area contributed by atoms with Crippen molar-refractivity contribution in [2.45, 2.75) is 31.2 Å². The van der Waals surface area contributed by atoms with Crippen LogP contribution in [0.15, 0.2) is 12.1 Å². The van der Waals surface area contributed by atoms with Gasteiger partial charge in [0.25, 0.3) is 0 Å². The predicted molar refractivity (Wildman–Crippen MR) is 77.8 cm³/mol. The summed E-state index contributed by atoms with van der Waals surface area (Å²) in [5.41, 5.74) is 7.22. The van der Waals surface area contributed by atoms with Crippen LogP contribution >= 0.6 is 0 Å². The number of hydrogen-bond acceptors (Lipinski definition) is 6. The third-order valence-electron chi connectivity index (χ3n) is 4.62. The van der Waals surface area contributed by atoms with E-state index in [0.29, 0.717) is 22.4 Å². The zero-order valence-electron chi connectivity index (χ0n) is 12.1. The smallest absolute Gasteiger partial charge is 0.315 e. The topological polar surface area (TPSA) is 125 Å². The van der Waals surface area contributed by atoms with E-state index in [4.69, 9.17) is 15.2 Å². The van der Waals surface area contributed by atoms with Gasteiger partial charge in [-0.1, -0.05) is 6.08 Å². The van der Waals surface area contributed by atoms with Crippen molar-refractivity contribution >= 4 is 11.6 Å². The highest BCUT2D eigenvalue weighted by atomic mass is 16.7. The molecule has 5 N–H and O–H groups in total. The first kappa shape index (κ1) is 14.2. The number of aliphatic hydroxyl groups is 2. The number of ether oxygens (including phenoxy) is 2. The van der Waals surface area contributed by atoms with Gasteiger partial charge in [0, 0.05) is 5.56 Å². The van der Waals surface area contributed by atoms with Crippen LogP contribution in [-0.2, 0) is 6.54 Å². The summed E-state index contributed by atoms with van der Waals surface area (Å²) >= 11 is 0. The Kier molecular flexibility index (Phi) is 2.94. The molecule has 2 heterocycles. The maximum absolute atomic E-state index is 11.8. The highest BCUT2D eigenvalue weighted by molar-refractivity contribution is 5.85. The molecule has 1 aromatic carbocycles. The first-order valence-electron chi connectivity index (χ1n) is 7.26. The summed E-state index contributed by atoms with van der Waals surface area (Å²) in [6.45, 7) is 0.0219. The van der Waals surface area contributed by atoms with Crippen LogP contribution in [0.3, 0.4) is 0 Å². The lowest BCUT2D eigenvalue weighted by molar-refractivity contribution is -0.0184. The quantitative estimate of drug-likeness (QED) is 0.528. The van der Waals surface area contributed by atoms with Crippen molar-refractivity contribution in [3.8, 4) is 17.2 Å². The number of urea groups is 1. The minimum Gasteiger partial charge on any atom is -0.504 e. The van der Waals surface area contributed by atoms with Crippen LogP contribution in [-0.4, -0.2) is 51.3 Å². The van der Waals surface area contributed by atoms with Crippen LogP contribution in [0.1, 0.15) is 17.5 Å². The van der Waals surface area contributed by atoms with Crippen molar-refractivity contribution in [3.05, 3.63) is 23.3 Å². The predicted octanol–water partition coefficient (Wildman–Crippen LogP) is -0.107. The second kappa shape index (κ2) is 4.77. The molecule has 0 fully saturated rings. The molecule has 0 saturated carbocycles. The van der Waals surface area contributed by atoms with Crippen LogP contribution in [0, 0.1) is 0 Å². The Morgan fingerprint density at radius 1 is 1.35 bits per heavy atom. The Labute approximate surface area is 131 Å². The average Bonchev–Trinajstić information content (AvgIpc) is 2.99. The van der Waals surface area contributed by atoms with Gasteiger partial charge in [-0.25, -0.2) is 4.79 Å². The average molecular weight is 320 g/mol. The minimum absolute atomic E-state index is 0.00906. The molecular weight excluding hydrogens is 304 g/mol. The van der Waals surface area contributed by atoms with Gasteiger partial charge in [0.2, 0.25) is 12.5 Å². The summed E-state index contributed by atoms with van der Waals surface area (Å²) in [5.74, 6) is 0.555. The van der Waals surface area contributed by atoms with Gasteiger partial charge < -0.3 is 35.4 Å². The molecule has 0 aromatic heterocycles. The molecule has 8 heteroatoms. The summed E-state index contributed by atoms with van der Waals surface area (Å²) in [5, 5.41) is 30.7. The summed E-state index contributed by atoms with van der Waals surface area (Å²) in [6, 6.07) is 0.221. The number of aromatic hydroxyl groups is 1. The summed E-state index contributed by atoms with van der Waals surface area (Å²) in [6.07, 6.45) is -0.135. The van der Waals surface area contributed by atoms with Crippen molar-refractivity contribution < 1.29 is 29.6 Å². The van der Waals surface area contributed by atoms with E-state index >= 15 is 0 Å². The van der Waals surface area contributed by atoms with Crippen molar-refractivity contribution in [3.63, 3.8) is 0 Å². The standard InChI is InChI=1S/C15H16N2O6/c16-15(21)17-4-8-7(3-10-14(12(8)19)23-5-22-10)6-1-2-9(18)13(20)11(6)17/h1,3,9,11,13,18-20H,2,4-5H2,(H2,16,21)/t9-,11-,13-/m1/s1. The fourth-order valence-corrected chi connectivity index (χ4v) is 3.49. The third kappa shape index (κ3) is 1.88. The molecular formula is C15H16N2O6. The number of phenolic OH excluding ortho intramolecular Hbond substituents is 1. The van der Waals surface area contributed by atoms with Crippen LogP contribution in [0.5, 0.6) is 17.2 Å². The van der Waals surface area contributed by atoms with E-state index in [1.54, 1.807) is 12.1 Å². The second-order valence-electron chi connectivity index (χ2n) is 5.85. The van der Waals surface area contributed by atoms with E-state index in [1.165, 1.54) is 4.90 Å². The lowest BCUT2D eigenvalue weighted by Crippen LogP contribution is -2.56. The zero-order valence-corrected chi connectivity index (χ0v) is 12.1. The lowest BCUT2D eigenvalue weighted by Gasteiger charge is -2.43. The molecule has 122 valence electrons. The van der Waals surface area contributed by atoms with Crippen molar-refractivity contribution in [1.82, 2.24) is 4.90 Å². The largest absolute Gasteiger partial charge is 0.504 e. The molecule has 1 aliphatic carbocycles. The molecule has 0 radical (unpaired) electrons. The minimum atomic E-state index is -1.15. The Bertz CT molecular complexity index is 731. The molecule has 1 aromatic rings. The Balaban J connectivity index is 1.93. The number of rotatable bonds is 0. The SMILES string of the molecule is NC(=O)N1Cc2c(cc3c(c2O)OCO3)C2=CC[C@@H](O)[C@@H](O)[C@@H]21. The highest BCUT2D eigenvalue weighted by Gasteiger charge is 2.44. The van der Waals surface area contributed by atoms with Crippen molar-refractivity contribution in [1.29, 1.82) is 0 Å². The number of nitrogens with two attached hydrogens (primary N) is 1. The maximum Gasteiger partial charge on any atom is 0.315 e. The fraction of sp³-hybridized carbons (Fsp3) is 0.400. The Morgan fingerprint density at radius 2 is 2.13 bits per heavy atom. The maximum atomic E-state index is 11.8. The monoisotopic (exact) mass is 320 g/mol. The number of aliphatic hydroxyl groups excluding tert-OH is 2. The first-order valence-corrected chi connectivity index (χ1v) is 7.26. The van der Waals surface area contributed by atoms with Gasteiger partial charge in [-0.05, 0) is 23.6 Å². The Morgan fingerprint density at radius 3 is 2.87 bits per heavy atom. The molecule has 23 heavy (non-hydrogen) atoms. The van der Waals surface area contributed by atoms with Crippen molar-refractivity contribution in [2.24, 2.45) is 5.73 Å². The molecule has 2 amide bonds. The number of nitrogens with zero attached hydrogens (tertiary/aromatic N) is 1. The van der Waals surface area contributed by atoms with Gasteiger partial charge >= 0.3 is 6.03 Å². The lowest BCUT2D eigenvalue weighted by atomic mass is 9.79. The normalized spacial score (nSPS) is 28.0. The molecule has 0 unspecified atom stereocenters. The van der Waals surface area contributed by atoms with E-state index in [-0.39, 0.29) is 31.3 Å². The molecule has 0 saturated heterocycles. The van der Waals surface area contributed by atoms with Crippen LogP contribution < -0.4 is 15.2 Å². The van der Waals surface area contributed by atoms with Gasteiger partial charge in [-0.3, -0.25) is 0 Å². The number of fused-ring (bicyclic) bond motifs is 4. The second-order valence-corrected chi connectivity index (χ2v) is 5.85. The Hall–Kier alpha value is -2.45. The molecule has 3 atom stereocenters. The highest BCUT2D eigenvalue weighted by Crippen LogP contribution is 2.50. The molecule has 0 bridgehead atoms. The van der Waals surface area contributed by atoms with E-state index in [9.17, 15) is 20.1 Å². The number of phenols is 1. The molecule has 8 nitrogen and oxygen atoms in total. The summed E-state index contributed by atoms with van der Waals surface area (Å²) in [7, 11) is 0. The number of carbonyl (C=O) groups excluding carboxylic acids is 1. The molecule has 3 aliphatic rings. The van der Waals surface area contributed by atoms with Crippen molar-refractivity contribution in [2.75, 3.05) is 6.79 Å². The van der Waals surface area contributed by atoms with E-state index in [0.717, 1.165) is 0 Å². The van der Waals surface area contributed by atoms with Crippen LogP contribution in [0.4, 0.5) is 4.79 Å². The third-order valence-corrected chi connectivity index (χ3v) is 4.62. The van der Waals surface area contributed by atoms with Gasteiger partial charge in [0.15, 0.2) is 11.5 Å². The van der Waals surface area contributed by atoms with Gasteiger partial charge in [0.05, 0.1) is 18.7 Å². The van der Waals surface area contributed by atoms with Crippen LogP contribution in [0.25, 0.3) is 5.57 Å². The van der Waals surface area contributed by atoms with E-state index in [2.05, 4.69) is 0 Å². The number of primary amides is 1. The first-order chi connectivity index (χ1) is 11.0. The van der Waals surface area contributed by atoms with Crippen LogP contribution in [0.2, 0.25) is 0 Å². The van der Waals surface area contributed by atoms with Gasteiger partial charge in [0.1, 0.15) is 6.10 Å². The zero-order chi connectivity index (χ0) is 16.3. The number of carbonyl (C=O) groups is 1. The van der Waals surface area contributed by atoms with E-state index < -0.39 is 24.3 Å². The molecule has 0 spiro atoms. The summed E-state index contributed by atoms with van der Waals surface area (Å²) in [4.78, 5) is 13.0. The van der Waals surface area contributed by atoms with E-state index in [1.807, 2.05) is 0 Å². The molecule has 2 aliphatic heterocycles. The molecule has 4 rings (SSSR count). The fourth-order valence-electron chi connectivity index (χ4n) is 3.49. The van der Waals surface area contributed by atoms with Gasteiger partial charge in [-0.15, -0.1) is 0 Å². The van der Waals surface area contributed by atoms with Gasteiger partial charge in [-0.2, -0.15) is 0 Å². The summed E-state index contributed by atoms with van der Waals surface area (Å²) < 4.78 is 10.6. The number of hydrogen-bond donors (Lipinski definition) is 4. The number of benzene rings is 1. The number of amides is 2.